The van der Waals surface area contributed by atoms with E-state index in [0.29, 0.717) is 11.6 Å². The largest absolute Gasteiger partial charge is 0.457 e. The van der Waals surface area contributed by atoms with Crippen LogP contribution in [0.4, 0.5) is 15.9 Å². The molecule has 0 saturated carbocycles. The SMILES string of the molecule is CNC(=O)c1cc(Oc2ccc(NC(O)Nc3cc(C(C)C)nn3-c3ccc(C)nc3)c(F)c2)ccn1. The fourth-order valence-corrected chi connectivity index (χ4v) is 3.43. The van der Waals surface area contributed by atoms with E-state index >= 15 is 0 Å². The Labute approximate surface area is 213 Å². The summed E-state index contributed by atoms with van der Waals surface area (Å²) in [6, 6.07) is 12.7. The number of aliphatic hydroxyl groups excluding tert-OH is 1. The summed E-state index contributed by atoms with van der Waals surface area (Å²) in [5.74, 6) is 0.208. The molecule has 0 aliphatic heterocycles. The number of hydrogen-bond acceptors (Lipinski definition) is 8. The lowest BCUT2D eigenvalue weighted by atomic mass is 10.1. The molecule has 0 bridgehead atoms. The minimum Gasteiger partial charge on any atom is -0.457 e. The van der Waals surface area contributed by atoms with Crippen molar-refractivity contribution in [3.8, 4) is 17.2 Å². The average molecular weight is 506 g/mol. The van der Waals surface area contributed by atoms with E-state index in [0.717, 1.165) is 17.1 Å². The summed E-state index contributed by atoms with van der Waals surface area (Å²) < 4.78 is 22.1. The van der Waals surface area contributed by atoms with Gasteiger partial charge in [0.05, 0.1) is 23.3 Å². The summed E-state index contributed by atoms with van der Waals surface area (Å²) in [6.45, 7) is 5.93. The van der Waals surface area contributed by atoms with E-state index < -0.39 is 12.2 Å². The second-order valence-electron chi connectivity index (χ2n) is 8.57. The minimum atomic E-state index is -1.33. The van der Waals surface area contributed by atoms with Crippen LogP contribution in [-0.4, -0.2) is 44.2 Å². The number of benzene rings is 1. The predicted molar refractivity (Wildman–Crippen MR) is 138 cm³/mol. The number of halogens is 1. The number of carbonyl (C=O) groups excluding carboxylic acids is 1. The second kappa shape index (κ2) is 11.0. The van der Waals surface area contributed by atoms with Crippen molar-refractivity contribution in [1.29, 1.82) is 0 Å². The number of aliphatic hydroxyl groups is 1. The van der Waals surface area contributed by atoms with Crippen LogP contribution < -0.4 is 20.7 Å². The van der Waals surface area contributed by atoms with Crippen molar-refractivity contribution < 1.29 is 19.0 Å². The zero-order valence-electron chi connectivity index (χ0n) is 20.9. The molecule has 11 heteroatoms. The molecule has 192 valence electrons. The number of aromatic nitrogens is 4. The Morgan fingerprint density at radius 1 is 1.05 bits per heavy atom. The Morgan fingerprint density at radius 3 is 2.51 bits per heavy atom. The maximum Gasteiger partial charge on any atom is 0.269 e. The molecule has 3 heterocycles. The van der Waals surface area contributed by atoms with Gasteiger partial charge < -0.3 is 25.8 Å². The fraction of sp³-hybridized carbons (Fsp3) is 0.231. The molecule has 1 atom stereocenters. The molecule has 4 rings (SSSR count). The summed E-state index contributed by atoms with van der Waals surface area (Å²) in [5.41, 5.74) is 2.64. The van der Waals surface area contributed by atoms with E-state index in [-0.39, 0.29) is 29.0 Å². The first kappa shape index (κ1) is 25.6. The number of carbonyl (C=O) groups is 1. The van der Waals surface area contributed by atoms with E-state index in [9.17, 15) is 14.3 Å². The first-order valence-corrected chi connectivity index (χ1v) is 11.6. The molecule has 0 aliphatic carbocycles. The summed E-state index contributed by atoms with van der Waals surface area (Å²) in [4.78, 5) is 20.0. The van der Waals surface area contributed by atoms with Gasteiger partial charge in [-0.15, -0.1) is 0 Å². The highest BCUT2D eigenvalue weighted by Gasteiger charge is 2.16. The molecular formula is C26H28FN7O3. The third-order valence-electron chi connectivity index (χ3n) is 5.40. The zero-order chi connectivity index (χ0) is 26.5. The number of rotatable bonds is 9. The predicted octanol–water partition coefficient (Wildman–Crippen LogP) is 4.19. The van der Waals surface area contributed by atoms with Crippen molar-refractivity contribution in [2.24, 2.45) is 0 Å². The number of aryl methyl sites for hydroxylation is 1. The molecule has 1 unspecified atom stereocenters. The van der Waals surface area contributed by atoms with Gasteiger partial charge in [-0.3, -0.25) is 14.8 Å². The van der Waals surface area contributed by atoms with E-state index in [4.69, 9.17) is 4.74 Å². The summed E-state index contributed by atoms with van der Waals surface area (Å²) in [6.07, 6.45) is 1.79. The van der Waals surface area contributed by atoms with E-state index in [2.05, 4.69) is 31.0 Å². The van der Waals surface area contributed by atoms with Crippen LogP contribution in [0.25, 0.3) is 5.69 Å². The van der Waals surface area contributed by atoms with Crippen molar-refractivity contribution in [2.45, 2.75) is 33.0 Å². The van der Waals surface area contributed by atoms with Crippen LogP contribution in [0.15, 0.2) is 60.9 Å². The van der Waals surface area contributed by atoms with Crippen molar-refractivity contribution in [3.63, 3.8) is 0 Å². The lowest BCUT2D eigenvalue weighted by molar-refractivity contribution is 0.0958. The number of pyridine rings is 2. The molecule has 0 aliphatic rings. The molecule has 4 aromatic rings. The molecule has 10 nitrogen and oxygen atoms in total. The Balaban J connectivity index is 1.47. The summed E-state index contributed by atoms with van der Waals surface area (Å²) >= 11 is 0. The standard InChI is InChI=1S/C26H28FN7O3/c1-15(2)22-13-24(34(33-22)17-6-5-16(3)30-14-17)32-26(36)31-21-8-7-18(11-20(21)27)37-19-9-10-29-23(12-19)25(35)28-4/h5-15,26,31-32,36H,1-4H3,(H,28,35). The van der Waals surface area contributed by atoms with Crippen LogP contribution in [0.5, 0.6) is 11.5 Å². The number of amides is 1. The Kier molecular flexibility index (Phi) is 7.63. The molecule has 37 heavy (non-hydrogen) atoms. The third kappa shape index (κ3) is 6.19. The molecule has 0 fully saturated rings. The topological polar surface area (TPSA) is 126 Å². The first-order chi connectivity index (χ1) is 17.7. The van der Waals surface area contributed by atoms with Crippen LogP contribution in [0.1, 0.15) is 41.6 Å². The Morgan fingerprint density at radius 2 is 1.84 bits per heavy atom. The fourth-order valence-electron chi connectivity index (χ4n) is 3.43. The first-order valence-electron chi connectivity index (χ1n) is 11.6. The molecule has 4 N–H and O–H groups in total. The van der Waals surface area contributed by atoms with Crippen LogP contribution in [0.2, 0.25) is 0 Å². The highest BCUT2D eigenvalue weighted by molar-refractivity contribution is 5.92. The van der Waals surface area contributed by atoms with Gasteiger partial charge >= 0.3 is 0 Å². The highest BCUT2D eigenvalue weighted by Crippen LogP contribution is 2.27. The summed E-state index contributed by atoms with van der Waals surface area (Å²) in [5, 5.41) is 23.4. The van der Waals surface area contributed by atoms with Gasteiger partial charge in [-0.1, -0.05) is 13.8 Å². The molecule has 0 spiro atoms. The van der Waals surface area contributed by atoms with Gasteiger partial charge in [0, 0.05) is 37.1 Å². The Bertz CT molecular complexity index is 1390. The molecule has 0 radical (unpaired) electrons. The molecule has 3 aromatic heterocycles. The van der Waals surface area contributed by atoms with Crippen molar-refractivity contribution in [1.82, 2.24) is 25.1 Å². The quantitative estimate of drug-likeness (QED) is 0.250. The highest BCUT2D eigenvalue weighted by atomic mass is 19.1. The van der Waals surface area contributed by atoms with Crippen LogP contribution in [0.3, 0.4) is 0 Å². The van der Waals surface area contributed by atoms with E-state index in [1.807, 2.05) is 39.0 Å². The Hall–Kier alpha value is -4.51. The smallest absolute Gasteiger partial charge is 0.269 e. The number of hydrogen-bond donors (Lipinski definition) is 4. The van der Waals surface area contributed by atoms with E-state index in [1.165, 1.54) is 37.5 Å². The van der Waals surface area contributed by atoms with Gasteiger partial charge in [-0.2, -0.15) is 5.10 Å². The van der Waals surface area contributed by atoms with Gasteiger partial charge in [0.15, 0.2) is 0 Å². The summed E-state index contributed by atoms with van der Waals surface area (Å²) in [7, 11) is 1.50. The van der Waals surface area contributed by atoms with Crippen LogP contribution in [-0.2, 0) is 0 Å². The number of nitrogens with zero attached hydrogens (tertiary/aromatic N) is 4. The van der Waals surface area contributed by atoms with Crippen molar-refractivity contribution >= 4 is 17.4 Å². The number of ether oxygens (including phenoxy) is 1. The van der Waals surface area contributed by atoms with Crippen LogP contribution >= 0.6 is 0 Å². The molecular weight excluding hydrogens is 477 g/mol. The normalized spacial score (nSPS) is 11.8. The molecule has 0 saturated heterocycles. The minimum absolute atomic E-state index is 0.0558. The third-order valence-corrected chi connectivity index (χ3v) is 5.40. The zero-order valence-corrected chi connectivity index (χ0v) is 20.9. The monoisotopic (exact) mass is 505 g/mol. The van der Waals surface area contributed by atoms with Crippen LogP contribution in [0, 0.1) is 12.7 Å². The van der Waals surface area contributed by atoms with E-state index in [1.54, 1.807) is 16.9 Å². The van der Waals surface area contributed by atoms with Gasteiger partial charge in [0.1, 0.15) is 28.8 Å². The van der Waals surface area contributed by atoms with Gasteiger partial charge in [0.25, 0.3) is 5.91 Å². The van der Waals surface area contributed by atoms with Gasteiger partial charge in [-0.25, -0.2) is 9.07 Å². The average Bonchev–Trinajstić information content (AvgIpc) is 3.30. The number of nitrogens with one attached hydrogen (secondary N) is 3. The molecule has 1 amide bonds. The lowest BCUT2D eigenvalue weighted by Gasteiger charge is -2.18. The van der Waals surface area contributed by atoms with Gasteiger partial charge in [0.2, 0.25) is 6.35 Å². The van der Waals surface area contributed by atoms with Crippen molar-refractivity contribution in [2.75, 3.05) is 17.7 Å². The van der Waals surface area contributed by atoms with Crippen molar-refractivity contribution in [3.05, 3.63) is 83.8 Å². The van der Waals surface area contributed by atoms with Gasteiger partial charge in [-0.05, 0) is 43.2 Å². The lowest BCUT2D eigenvalue weighted by Crippen LogP contribution is -2.29. The number of anilines is 2. The maximum absolute atomic E-state index is 14.8. The molecule has 1 aromatic carbocycles. The maximum atomic E-state index is 14.8. The second-order valence-corrected chi connectivity index (χ2v) is 8.57.